The minimum atomic E-state index is -0.145. The highest BCUT2D eigenvalue weighted by Crippen LogP contribution is 2.26. The second-order valence-electron chi connectivity index (χ2n) is 4.00. The van der Waals surface area contributed by atoms with Crippen LogP contribution in [0.15, 0.2) is 35.7 Å². The van der Waals surface area contributed by atoms with Gasteiger partial charge in [0, 0.05) is 12.4 Å². The third-order valence-electron chi connectivity index (χ3n) is 2.78. The van der Waals surface area contributed by atoms with Gasteiger partial charge in [0.1, 0.15) is 5.75 Å². The van der Waals surface area contributed by atoms with Gasteiger partial charge in [-0.1, -0.05) is 17.3 Å². The molecule has 2 aromatic rings. The summed E-state index contributed by atoms with van der Waals surface area (Å²) in [5.74, 6) is 0.715. The summed E-state index contributed by atoms with van der Waals surface area (Å²) in [5.41, 5.74) is 7.84. The van der Waals surface area contributed by atoms with Gasteiger partial charge in [-0.3, -0.25) is 0 Å². The molecule has 6 nitrogen and oxygen atoms in total. The third-order valence-corrected chi connectivity index (χ3v) is 2.78. The van der Waals surface area contributed by atoms with E-state index in [2.05, 4.69) is 15.1 Å². The van der Waals surface area contributed by atoms with E-state index in [-0.39, 0.29) is 17.4 Å². The van der Waals surface area contributed by atoms with Gasteiger partial charge in [0.05, 0.1) is 0 Å². The van der Waals surface area contributed by atoms with Gasteiger partial charge in [0.25, 0.3) is 0 Å². The van der Waals surface area contributed by atoms with E-state index in [0.717, 1.165) is 11.1 Å². The Morgan fingerprint density at radius 1 is 1.26 bits per heavy atom. The zero-order valence-corrected chi connectivity index (χ0v) is 10.7. The second-order valence-corrected chi connectivity index (χ2v) is 4.00. The van der Waals surface area contributed by atoms with Crippen molar-refractivity contribution in [2.45, 2.75) is 13.8 Å². The fourth-order valence-corrected chi connectivity index (χ4v) is 1.56. The second kappa shape index (κ2) is 5.34. The van der Waals surface area contributed by atoms with Crippen LogP contribution in [0, 0.1) is 13.8 Å². The summed E-state index contributed by atoms with van der Waals surface area (Å²) in [4.78, 5) is 8.05. The van der Waals surface area contributed by atoms with Crippen molar-refractivity contribution < 1.29 is 9.94 Å². The largest absolute Gasteiger partial charge is 0.437 e. The lowest BCUT2D eigenvalue weighted by Crippen LogP contribution is -2.16. The number of hydrogen-bond donors (Lipinski definition) is 2. The molecule has 3 N–H and O–H groups in total. The normalized spacial score (nSPS) is 11.4. The Balaban J connectivity index is 2.42. The number of amidine groups is 1. The van der Waals surface area contributed by atoms with Crippen LogP contribution in [0.25, 0.3) is 0 Å². The van der Waals surface area contributed by atoms with Gasteiger partial charge in [0.2, 0.25) is 5.88 Å². The summed E-state index contributed by atoms with van der Waals surface area (Å²) < 4.78 is 5.70. The molecular formula is C13H14N4O2. The molecule has 2 rings (SSSR count). The molecule has 0 amide bonds. The van der Waals surface area contributed by atoms with Gasteiger partial charge in [-0.2, -0.15) is 0 Å². The molecule has 0 fully saturated rings. The summed E-state index contributed by atoms with van der Waals surface area (Å²) in [6, 6.07) is 5.70. The van der Waals surface area contributed by atoms with Gasteiger partial charge in [-0.05, 0) is 31.0 Å². The highest BCUT2D eigenvalue weighted by molar-refractivity contribution is 5.97. The Morgan fingerprint density at radius 2 is 2.00 bits per heavy atom. The number of ether oxygens (including phenoxy) is 1. The maximum absolute atomic E-state index is 8.72. The van der Waals surface area contributed by atoms with Gasteiger partial charge in [-0.15, -0.1) is 0 Å². The number of oxime groups is 1. The molecule has 1 aromatic carbocycles. The summed E-state index contributed by atoms with van der Waals surface area (Å²) in [5, 5.41) is 11.6. The van der Waals surface area contributed by atoms with Crippen molar-refractivity contribution in [3.63, 3.8) is 0 Å². The Bertz CT molecular complexity index is 626. The number of nitrogens with two attached hydrogens (primary N) is 1. The van der Waals surface area contributed by atoms with Crippen molar-refractivity contribution in [2.24, 2.45) is 10.9 Å². The molecule has 0 spiro atoms. The summed E-state index contributed by atoms with van der Waals surface area (Å²) >= 11 is 0. The molecule has 0 saturated heterocycles. The van der Waals surface area contributed by atoms with Gasteiger partial charge in [0.15, 0.2) is 11.5 Å². The predicted molar refractivity (Wildman–Crippen MR) is 70.5 cm³/mol. The van der Waals surface area contributed by atoms with E-state index in [0.29, 0.717) is 5.75 Å². The van der Waals surface area contributed by atoms with E-state index < -0.39 is 0 Å². The van der Waals surface area contributed by atoms with E-state index in [1.807, 2.05) is 32.0 Å². The lowest BCUT2D eigenvalue weighted by molar-refractivity contribution is 0.318. The monoisotopic (exact) mass is 258 g/mol. The van der Waals surface area contributed by atoms with Crippen LogP contribution >= 0.6 is 0 Å². The van der Waals surface area contributed by atoms with Crippen molar-refractivity contribution in [3.05, 3.63) is 47.4 Å². The molecule has 1 heterocycles. The minimum absolute atomic E-state index is 0.145. The van der Waals surface area contributed by atoms with Crippen molar-refractivity contribution in [2.75, 3.05) is 0 Å². The van der Waals surface area contributed by atoms with Gasteiger partial charge in [-0.25, -0.2) is 9.97 Å². The fourth-order valence-electron chi connectivity index (χ4n) is 1.56. The molecule has 0 bridgehead atoms. The standard InChI is InChI=1S/C13H14N4O2/c1-8-4-3-5-10(9(8)2)19-13-11(12(14)17-18)15-6-7-16-13/h3-7,18H,1-2H3,(H2,14,17). The van der Waals surface area contributed by atoms with E-state index in [4.69, 9.17) is 15.7 Å². The SMILES string of the molecule is Cc1cccc(Oc2nccnc2C(N)=NO)c1C. The van der Waals surface area contributed by atoms with Crippen LogP contribution in [0.5, 0.6) is 11.6 Å². The molecule has 0 unspecified atom stereocenters. The average molecular weight is 258 g/mol. The van der Waals surface area contributed by atoms with E-state index in [1.54, 1.807) is 0 Å². The zero-order valence-electron chi connectivity index (χ0n) is 10.7. The summed E-state index contributed by atoms with van der Waals surface area (Å²) in [6.45, 7) is 3.94. The highest BCUT2D eigenvalue weighted by atomic mass is 16.5. The van der Waals surface area contributed by atoms with Crippen molar-refractivity contribution >= 4 is 5.84 Å². The van der Waals surface area contributed by atoms with Crippen LogP contribution in [0.4, 0.5) is 0 Å². The number of nitrogens with zero attached hydrogens (tertiary/aromatic N) is 3. The van der Waals surface area contributed by atoms with E-state index in [9.17, 15) is 0 Å². The van der Waals surface area contributed by atoms with Crippen LogP contribution in [-0.2, 0) is 0 Å². The molecule has 6 heteroatoms. The quantitative estimate of drug-likeness (QED) is 0.380. The summed E-state index contributed by atoms with van der Waals surface area (Å²) in [7, 11) is 0. The minimum Gasteiger partial charge on any atom is -0.437 e. The van der Waals surface area contributed by atoms with E-state index in [1.165, 1.54) is 12.4 Å². The number of hydrogen-bond acceptors (Lipinski definition) is 5. The first-order valence-corrected chi connectivity index (χ1v) is 5.66. The first-order valence-electron chi connectivity index (χ1n) is 5.66. The van der Waals surface area contributed by atoms with Crippen LogP contribution in [0.3, 0.4) is 0 Å². The predicted octanol–water partition coefficient (Wildman–Crippen LogP) is 1.98. The van der Waals surface area contributed by atoms with Crippen molar-refractivity contribution in [1.82, 2.24) is 9.97 Å². The maximum atomic E-state index is 8.72. The molecule has 1 aromatic heterocycles. The Morgan fingerprint density at radius 3 is 2.74 bits per heavy atom. The summed E-state index contributed by atoms with van der Waals surface area (Å²) in [6.07, 6.45) is 2.93. The topological polar surface area (TPSA) is 93.6 Å². The fraction of sp³-hybridized carbons (Fsp3) is 0.154. The molecule has 19 heavy (non-hydrogen) atoms. The molecular weight excluding hydrogens is 244 g/mol. The first kappa shape index (κ1) is 12.8. The molecule has 0 saturated carbocycles. The zero-order chi connectivity index (χ0) is 13.8. The molecule has 0 aliphatic carbocycles. The van der Waals surface area contributed by atoms with Gasteiger partial charge >= 0.3 is 0 Å². The number of aromatic nitrogens is 2. The molecule has 0 aliphatic rings. The Kier molecular flexibility index (Phi) is 3.61. The van der Waals surface area contributed by atoms with Crippen LogP contribution < -0.4 is 10.5 Å². The maximum Gasteiger partial charge on any atom is 0.249 e. The Labute approximate surface area is 110 Å². The highest BCUT2D eigenvalue weighted by Gasteiger charge is 2.13. The van der Waals surface area contributed by atoms with Crippen LogP contribution in [-0.4, -0.2) is 21.0 Å². The van der Waals surface area contributed by atoms with Crippen LogP contribution in [0.1, 0.15) is 16.8 Å². The molecule has 98 valence electrons. The van der Waals surface area contributed by atoms with Crippen LogP contribution in [0.2, 0.25) is 0 Å². The van der Waals surface area contributed by atoms with Crippen molar-refractivity contribution in [3.8, 4) is 11.6 Å². The van der Waals surface area contributed by atoms with Crippen molar-refractivity contribution in [1.29, 1.82) is 0 Å². The number of aryl methyl sites for hydroxylation is 1. The lowest BCUT2D eigenvalue weighted by atomic mass is 10.1. The molecule has 0 aliphatic heterocycles. The smallest absolute Gasteiger partial charge is 0.249 e. The number of benzene rings is 1. The Hall–Kier alpha value is -2.63. The van der Waals surface area contributed by atoms with E-state index >= 15 is 0 Å². The first-order chi connectivity index (χ1) is 9.13. The number of rotatable bonds is 3. The van der Waals surface area contributed by atoms with Gasteiger partial charge < -0.3 is 15.7 Å². The molecule has 0 radical (unpaired) electrons. The lowest BCUT2D eigenvalue weighted by Gasteiger charge is -2.11. The molecule has 0 atom stereocenters. The average Bonchev–Trinajstić information content (AvgIpc) is 2.43. The third kappa shape index (κ3) is 2.62.